The third-order valence-corrected chi connectivity index (χ3v) is 3.42. The molecule has 0 spiro atoms. The average Bonchev–Trinajstić information content (AvgIpc) is 2.78. The van der Waals surface area contributed by atoms with E-state index in [1.165, 1.54) is 23.5 Å². The van der Waals surface area contributed by atoms with E-state index in [4.69, 9.17) is 17.3 Å². The van der Waals surface area contributed by atoms with Gasteiger partial charge in [-0.1, -0.05) is 11.6 Å². The van der Waals surface area contributed by atoms with Crippen LogP contribution in [-0.4, -0.2) is 4.98 Å². The van der Waals surface area contributed by atoms with Crippen LogP contribution in [-0.2, 0) is 12.7 Å². The number of halogens is 4. The van der Waals surface area contributed by atoms with Crippen molar-refractivity contribution < 1.29 is 13.2 Å². The minimum Gasteiger partial charge on any atom is -0.332 e. The molecule has 8 heteroatoms. The van der Waals surface area contributed by atoms with E-state index in [9.17, 15) is 13.2 Å². The van der Waals surface area contributed by atoms with E-state index < -0.39 is 11.7 Å². The lowest BCUT2D eigenvalue weighted by Crippen LogP contribution is -2.06. The Hall–Kier alpha value is -1.31. The fourth-order valence-corrected chi connectivity index (χ4v) is 2.37. The zero-order valence-electron chi connectivity index (χ0n) is 9.46. The summed E-state index contributed by atoms with van der Waals surface area (Å²) in [6.07, 6.45) is -4.49. The van der Waals surface area contributed by atoms with Crippen molar-refractivity contribution >= 4 is 33.8 Å². The van der Waals surface area contributed by atoms with Gasteiger partial charge in [0.1, 0.15) is 0 Å². The van der Waals surface area contributed by atoms with Gasteiger partial charge in [-0.25, -0.2) is 4.98 Å². The summed E-state index contributed by atoms with van der Waals surface area (Å²) in [5.74, 6) is 0. The Balaban J connectivity index is 2.26. The van der Waals surface area contributed by atoms with Gasteiger partial charge in [0.2, 0.25) is 0 Å². The summed E-state index contributed by atoms with van der Waals surface area (Å²) in [4.78, 5) is 4.11. The fourth-order valence-electron chi connectivity index (χ4n) is 1.40. The second-order valence-electron chi connectivity index (χ2n) is 3.67. The fraction of sp³-hybridized carbons (Fsp3) is 0.182. The first-order valence-corrected chi connectivity index (χ1v) is 6.44. The molecule has 3 N–H and O–H groups in total. The first kappa shape index (κ1) is 14.1. The highest BCUT2D eigenvalue weighted by atomic mass is 35.5. The predicted molar refractivity (Wildman–Crippen MR) is 69.7 cm³/mol. The van der Waals surface area contributed by atoms with Gasteiger partial charge in [0, 0.05) is 17.6 Å². The van der Waals surface area contributed by atoms with E-state index in [0.29, 0.717) is 10.8 Å². The normalized spacial score (nSPS) is 11.6. The monoisotopic (exact) mass is 307 g/mol. The van der Waals surface area contributed by atoms with Crippen LogP contribution < -0.4 is 11.1 Å². The van der Waals surface area contributed by atoms with E-state index in [1.54, 1.807) is 5.38 Å². The van der Waals surface area contributed by atoms with Crippen LogP contribution in [0.4, 0.5) is 24.0 Å². The molecule has 19 heavy (non-hydrogen) atoms. The summed E-state index contributed by atoms with van der Waals surface area (Å²) < 4.78 is 38.1. The van der Waals surface area contributed by atoms with Gasteiger partial charge in [-0.2, -0.15) is 13.2 Å². The summed E-state index contributed by atoms with van der Waals surface area (Å²) in [6.45, 7) is 0.284. The molecule has 3 nitrogen and oxygen atoms in total. The quantitative estimate of drug-likeness (QED) is 0.900. The first-order valence-electron chi connectivity index (χ1n) is 5.18. The van der Waals surface area contributed by atoms with Crippen molar-refractivity contribution in [3.63, 3.8) is 0 Å². The Kier molecular flexibility index (Phi) is 3.98. The molecule has 2 rings (SSSR count). The van der Waals surface area contributed by atoms with Gasteiger partial charge in [0.25, 0.3) is 0 Å². The second kappa shape index (κ2) is 5.36. The molecule has 0 aliphatic heterocycles. The average molecular weight is 308 g/mol. The molecule has 0 bridgehead atoms. The van der Waals surface area contributed by atoms with Crippen molar-refractivity contribution in [2.45, 2.75) is 12.7 Å². The van der Waals surface area contributed by atoms with E-state index >= 15 is 0 Å². The van der Waals surface area contributed by atoms with E-state index in [2.05, 4.69) is 10.3 Å². The lowest BCUT2D eigenvalue weighted by Gasteiger charge is -2.11. The summed E-state index contributed by atoms with van der Waals surface area (Å²) in [5, 5.41) is 4.68. The van der Waals surface area contributed by atoms with E-state index in [1.807, 2.05) is 0 Å². The van der Waals surface area contributed by atoms with Crippen molar-refractivity contribution in [3.05, 3.63) is 39.9 Å². The summed E-state index contributed by atoms with van der Waals surface area (Å²) in [5.41, 5.74) is 5.48. The molecule has 1 aromatic heterocycles. The Labute approximate surface area is 116 Å². The molecule has 0 aliphatic rings. The number of nitrogens with zero attached hydrogens (tertiary/aromatic N) is 1. The highest BCUT2D eigenvalue weighted by molar-refractivity contribution is 7.13. The van der Waals surface area contributed by atoms with Crippen molar-refractivity contribution in [1.82, 2.24) is 4.98 Å². The number of nitrogens with two attached hydrogens (primary N) is 1. The van der Waals surface area contributed by atoms with Crippen molar-refractivity contribution in [1.29, 1.82) is 0 Å². The number of hydrogen-bond donors (Lipinski definition) is 2. The number of hydrogen-bond acceptors (Lipinski definition) is 4. The highest BCUT2D eigenvalue weighted by Gasteiger charge is 2.33. The Morgan fingerprint density at radius 1 is 1.37 bits per heavy atom. The Morgan fingerprint density at radius 2 is 2.11 bits per heavy atom. The molecule has 2 aromatic rings. The number of nitrogens with one attached hydrogen (secondary N) is 1. The minimum absolute atomic E-state index is 0.273. The number of rotatable bonds is 3. The lowest BCUT2D eigenvalue weighted by molar-refractivity contribution is -0.137. The maximum atomic E-state index is 12.7. The molecule has 0 radical (unpaired) electrons. The molecular weight excluding hydrogens is 299 g/mol. The topological polar surface area (TPSA) is 50.9 Å². The molecule has 0 fully saturated rings. The molecular formula is C11H9ClF3N3S. The minimum atomic E-state index is -4.49. The van der Waals surface area contributed by atoms with Crippen LogP contribution in [0.1, 0.15) is 11.3 Å². The number of benzene rings is 1. The van der Waals surface area contributed by atoms with Gasteiger partial charge in [-0.3, -0.25) is 0 Å². The Morgan fingerprint density at radius 3 is 2.68 bits per heavy atom. The van der Waals surface area contributed by atoms with E-state index in [-0.39, 0.29) is 17.3 Å². The van der Waals surface area contributed by atoms with Crippen LogP contribution in [0, 0.1) is 0 Å². The SMILES string of the molecule is NCc1csc(Nc2ccc(Cl)c(C(F)(F)F)c2)n1. The van der Waals surface area contributed by atoms with Crippen molar-refractivity contribution in [3.8, 4) is 0 Å². The molecule has 0 atom stereocenters. The van der Waals surface area contributed by atoms with Crippen molar-refractivity contribution in [2.75, 3.05) is 5.32 Å². The van der Waals surface area contributed by atoms with Crippen molar-refractivity contribution in [2.24, 2.45) is 5.73 Å². The van der Waals surface area contributed by atoms with Crippen LogP contribution in [0.3, 0.4) is 0 Å². The standard InChI is InChI=1S/C11H9ClF3N3S/c12-9-2-1-6(3-8(9)11(13,14)15)17-10-18-7(4-16)5-19-10/h1-3,5H,4,16H2,(H,17,18). The number of anilines is 2. The molecule has 1 heterocycles. The molecule has 1 aromatic carbocycles. The second-order valence-corrected chi connectivity index (χ2v) is 4.93. The van der Waals surface area contributed by atoms with Crippen LogP contribution in [0.2, 0.25) is 5.02 Å². The highest BCUT2D eigenvalue weighted by Crippen LogP contribution is 2.36. The molecule has 0 unspecified atom stereocenters. The zero-order chi connectivity index (χ0) is 14.0. The first-order chi connectivity index (χ1) is 8.90. The van der Waals surface area contributed by atoms with Crippen LogP contribution >= 0.6 is 22.9 Å². The van der Waals surface area contributed by atoms with Crippen LogP contribution in [0.5, 0.6) is 0 Å². The molecule has 102 valence electrons. The number of aromatic nitrogens is 1. The summed E-state index contributed by atoms with van der Waals surface area (Å²) >= 11 is 6.80. The predicted octanol–water partition coefficient (Wildman–Crippen LogP) is 4.02. The van der Waals surface area contributed by atoms with Gasteiger partial charge < -0.3 is 11.1 Å². The largest absolute Gasteiger partial charge is 0.417 e. The third kappa shape index (κ3) is 3.37. The van der Waals surface area contributed by atoms with Gasteiger partial charge in [0.05, 0.1) is 16.3 Å². The van der Waals surface area contributed by atoms with Gasteiger partial charge >= 0.3 is 6.18 Å². The maximum absolute atomic E-state index is 12.7. The number of alkyl halides is 3. The van der Waals surface area contributed by atoms with Gasteiger partial charge in [-0.15, -0.1) is 11.3 Å². The molecule has 0 saturated carbocycles. The lowest BCUT2D eigenvalue weighted by atomic mass is 10.2. The van der Waals surface area contributed by atoms with Gasteiger partial charge in [0.15, 0.2) is 5.13 Å². The third-order valence-electron chi connectivity index (χ3n) is 2.28. The molecule has 0 saturated heterocycles. The smallest absolute Gasteiger partial charge is 0.332 e. The van der Waals surface area contributed by atoms with Gasteiger partial charge in [-0.05, 0) is 18.2 Å². The maximum Gasteiger partial charge on any atom is 0.417 e. The molecule has 0 aliphatic carbocycles. The zero-order valence-corrected chi connectivity index (χ0v) is 11.0. The van der Waals surface area contributed by atoms with Crippen LogP contribution in [0.25, 0.3) is 0 Å². The van der Waals surface area contributed by atoms with Crippen LogP contribution in [0.15, 0.2) is 23.6 Å². The Bertz CT molecular complexity index is 583. The summed E-state index contributed by atoms with van der Waals surface area (Å²) in [6, 6.07) is 3.61. The number of thiazole rings is 1. The molecule has 0 amide bonds. The summed E-state index contributed by atoms with van der Waals surface area (Å²) in [7, 11) is 0. The van der Waals surface area contributed by atoms with E-state index in [0.717, 1.165) is 6.07 Å².